The van der Waals surface area contributed by atoms with Gasteiger partial charge in [0.25, 0.3) is 5.69 Å². The Hall–Kier alpha value is -2.37. The number of nitro benzene ring substituents is 1. The second-order valence-electron chi connectivity index (χ2n) is 4.55. The Balaban J connectivity index is 2.03. The lowest BCUT2D eigenvalue weighted by atomic mass is 10.1. The van der Waals surface area contributed by atoms with Crippen LogP contribution in [-0.4, -0.2) is 10.7 Å². The fourth-order valence-corrected chi connectivity index (χ4v) is 2.33. The third-order valence-corrected chi connectivity index (χ3v) is 3.86. The van der Waals surface area contributed by atoms with Gasteiger partial charge in [-0.15, -0.1) is 0 Å². The molecule has 0 aliphatic carbocycles. The molecule has 22 heavy (non-hydrogen) atoms. The number of hydrogen-bond donors (Lipinski definition) is 0. The molecular formula is C15H7Cl2NO4. The lowest BCUT2D eigenvalue weighted by Crippen LogP contribution is -1.99. The van der Waals surface area contributed by atoms with Gasteiger partial charge in [-0.3, -0.25) is 14.9 Å². The van der Waals surface area contributed by atoms with E-state index in [2.05, 4.69) is 0 Å². The number of rotatable bonds is 3. The quantitative estimate of drug-likeness (QED) is 0.388. The molecule has 0 fully saturated rings. The van der Waals surface area contributed by atoms with Gasteiger partial charge in [-0.2, -0.15) is 0 Å². The monoisotopic (exact) mass is 335 g/mol. The molecule has 0 aliphatic heterocycles. The minimum Gasteiger partial charge on any atom is -0.453 e. The summed E-state index contributed by atoms with van der Waals surface area (Å²) in [5, 5.41) is 11.8. The van der Waals surface area contributed by atoms with Crippen LogP contribution in [0.3, 0.4) is 0 Å². The Labute approximate surface area is 134 Å². The minimum atomic E-state index is -0.507. The van der Waals surface area contributed by atoms with Gasteiger partial charge in [0.15, 0.2) is 5.76 Å². The average Bonchev–Trinajstić information content (AvgIpc) is 2.92. The molecule has 0 bridgehead atoms. The number of benzene rings is 2. The van der Waals surface area contributed by atoms with E-state index in [0.717, 1.165) is 0 Å². The Kier molecular flexibility index (Phi) is 3.60. The highest BCUT2D eigenvalue weighted by Crippen LogP contribution is 2.27. The first-order valence-corrected chi connectivity index (χ1v) is 6.89. The molecule has 3 aromatic rings. The second-order valence-corrected chi connectivity index (χ2v) is 5.36. The molecule has 0 N–H and O–H groups in total. The first-order valence-electron chi connectivity index (χ1n) is 6.13. The number of furan rings is 1. The van der Waals surface area contributed by atoms with Crippen LogP contribution >= 0.6 is 23.2 Å². The van der Waals surface area contributed by atoms with E-state index in [-0.39, 0.29) is 22.3 Å². The lowest BCUT2D eigenvalue weighted by Gasteiger charge is -1.99. The van der Waals surface area contributed by atoms with Crippen molar-refractivity contribution in [2.24, 2.45) is 0 Å². The van der Waals surface area contributed by atoms with Crippen molar-refractivity contribution in [3.63, 3.8) is 0 Å². The SMILES string of the molecule is O=C(c1ccc(Cl)c(Cl)c1)c1cc2cc([N+](=O)[O-])ccc2o1. The van der Waals surface area contributed by atoms with Crippen molar-refractivity contribution in [3.05, 3.63) is 73.9 Å². The van der Waals surface area contributed by atoms with Crippen molar-refractivity contribution in [1.29, 1.82) is 0 Å². The van der Waals surface area contributed by atoms with Crippen LogP contribution in [0.2, 0.25) is 10.0 Å². The number of non-ortho nitro benzene ring substituents is 1. The molecule has 1 heterocycles. The fraction of sp³-hybridized carbons (Fsp3) is 0. The van der Waals surface area contributed by atoms with E-state index in [9.17, 15) is 14.9 Å². The van der Waals surface area contributed by atoms with Gasteiger partial charge in [0.2, 0.25) is 5.78 Å². The zero-order valence-corrected chi connectivity index (χ0v) is 12.4. The number of nitrogens with zero attached hydrogens (tertiary/aromatic N) is 1. The predicted octanol–water partition coefficient (Wildman–Crippen LogP) is 4.88. The number of halogens is 2. The lowest BCUT2D eigenvalue weighted by molar-refractivity contribution is -0.384. The average molecular weight is 336 g/mol. The third kappa shape index (κ3) is 2.56. The summed E-state index contributed by atoms with van der Waals surface area (Å²) >= 11 is 11.7. The van der Waals surface area contributed by atoms with Crippen LogP contribution in [0.5, 0.6) is 0 Å². The maximum Gasteiger partial charge on any atom is 0.270 e. The number of fused-ring (bicyclic) bond motifs is 1. The molecule has 0 radical (unpaired) electrons. The van der Waals surface area contributed by atoms with Gasteiger partial charge in [-0.05, 0) is 30.3 Å². The molecule has 7 heteroatoms. The van der Waals surface area contributed by atoms with Crippen molar-refractivity contribution in [2.45, 2.75) is 0 Å². The zero-order valence-electron chi connectivity index (χ0n) is 10.9. The maximum absolute atomic E-state index is 12.4. The summed E-state index contributed by atoms with van der Waals surface area (Å²) in [6, 6.07) is 10.1. The van der Waals surface area contributed by atoms with Crippen LogP contribution in [0, 0.1) is 10.1 Å². The van der Waals surface area contributed by atoms with Crippen LogP contribution in [0.1, 0.15) is 16.1 Å². The van der Waals surface area contributed by atoms with Crippen molar-refractivity contribution < 1.29 is 14.1 Å². The van der Waals surface area contributed by atoms with E-state index in [4.69, 9.17) is 27.6 Å². The first-order chi connectivity index (χ1) is 10.5. The summed E-state index contributed by atoms with van der Waals surface area (Å²) in [5.74, 6) is -0.300. The number of carbonyl (C=O) groups is 1. The van der Waals surface area contributed by atoms with Gasteiger partial charge in [0.1, 0.15) is 5.58 Å². The summed E-state index contributed by atoms with van der Waals surface area (Å²) in [6.45, 7) is 0. The molecule has 5 nitrogen and oxygen atoms in total. The van der Waals surface area contributed by atoms with E-state index >= 15 is 0 Å². The smallest absolute Gasteiger partial charge is 0.270 e. The number of hydrogen-bond acceptors (Lipinski definition) is 4. The van der Waals surface area contributed by atoms with E-state index in [0.29, 0.717) is 21.6 Å². The summed E-state index contributed by atoms with van der Waals surface area (Å²) in [7, 11) is 0. The standard InChI is InChI=1S/C15H7Cl2NO4/c16-11-3-1-8(6-12(11)17)15(19)14-7-9-5-10(18(20)21)2-4-13(9)22-14/h1-7H. The third-order valence-electron chi connectivity index (χ3n) is 3.12. The van der Waals surface area contributed by atoms with E-state index in [1.165, 1.54) is 42.5 Å². The Morgan fingerprint density at radius 1 is 1.05 bits per heavy atom. The van der Waals surface area contributed by atoms with Crippen LogP contribution in [0.15, 0.2) is 46.9 Å². The molecule has 110 valence electrons. The number of carbonyl (C=O) groups excluding carboxylic acids is 1. The summed E-state index contributed by atoms with van der Waals surface area (Å²) < 4.78 is 5.44. The molecule has 0 saturated carbocycles. The van der Waals surface area contributed by atoms with Gasteiger partial charge in [0.05, 0.1) is 15.0 Å². The maximum atomic E-state index is 12.4. The molecule has 3 rings (SSSR count). The van der Waals surface area contributed by atoms with Crippen molar-refractivity contribution in [3.8, 4) is 0 Å². The molecule has 0 atom stereocenters. The molecule has 2 aromatic carbocycles. The molecule has 0 aliphatic rings. The van der Waals surface area contributed by atoms with Crippen LogP contribution in [0.4, 0.5) is 5.69 Å². The minimum absolute atomic E-state index is 0.0677. The van der Waals surface area contributed by atoms with Crippen molar-refractivity contribution in [1.82, 2.24) is 0 Å². The summed E-state index contributed by atoms with van der Waals surface area (Å²) in [5.41, 5.74) is 0.652. The van der Waals surface area contributed by atoms with Gasteiger partial charge in [-0.1, -0.05) is 23.2 Å². The van der Waals surface area contributed by atoms with E-state index < -0.39 is 4.92 Å². The Morgan fingerprint density at radius 3 is 2.50 bits per heavy atom. The van der Waals surface area contributed by atoms with Gasteiger partial charge in [0, 0.05) is 23.1 Å². The molecule has 0 unspecified atom stereocenters. The van der Waals surface area contributed by atoms with Crippen LogP contribution < -0.4 is 0 Å². The van der Waals surface area contributed by atoms with Crippen LogP contribution in [0.25, 0.3) is 11.0 Å². The predicted molar refractivity (Wildman–Crippen MR) is 82.8 cm³/mol. The van der Waals surface area contributed by atoms with E-state index in [1.54, 1.807) is 0 Å². The van der Waals surface area contributed by atoms with Gasteiger partial charge in [-0.25, -0.2) is 0 Å². The molecule has 0 spiro atoms. The van der Waals surface area contributed by atoms with Crippen molar-refractivity contribution in [2.75, 3.05) is 0 Å². The molecule has 1 aromatic heterocycles. The van der Waals surface area contributed by atoms with E-state index in [1.807, 2.05) is 0 Å². The molecular weight excluding hydrogens is 329 g/mol. The first kappa shape index (κ1) is 14.6. The van der Waals surface area contributed by atoms with Crippen molar-refractivity contribution >= 4 is 45.6 Å². The summed E-state index contributed by atoms with van der Waals surface area (Å²) in [4.78, 5) is 22.6. The number of nitro groups is 1. The fourth-order valence-electron chi connectivity index (χ4n) is 2.04. The Morgan fingerprint density at radius 2 is 1.82 bits per heavy atom. The summed E-state index contributed by atoms with van der Waals surface area (Å²) in [6.07, 6.45) is 0. The highest BCUT2D eigenvalue weighted by atomic mass is 35.5. The molecule has 0 saturated heterocycles. The second kappa shape index (κ2) is 5.44. The largest absolute Gasteiger partial charge is 0.453 e. The zero-order chi connectivity index (χ0) is 15.9. The Bertz CT molecular complexity index is 917. The van der Waals surface area contributed by atoms with Crippen LogP contribution in [-0.2, 0) is 0 Å². The highest BCUT2D eigenvalue weighted by Gasteiger charge is 2.17. The van der Waals surface area contributed by atoms with Gasteiger partial charge < -0.3 is 4.42 Å². The normalized spacial score (nSPS) is 10.8. The topological polar surface area (TPSA) is 73.3 Å². The number of ketones is 1. The van der Waals surface area contributed by atoms with Gasteiger partial charge >= 0.3 is 0 Å². The highest BCUT2D eigenvalue weighted by molar-refractivity contribution is 6.42. The molecule has 0 amide bonds.